The predicted molar refractivity (Wildman–Crippen MR) is 73.1 cm³/mol. The predicted octanol–water partition coefficient (Wildman–Crippen LogP) is 3.17. The monoisotopic (exact) mass is 263 g/mol. The zero-order chi connectivity index (χ0) is 12.8. The lowest BCUT2D eigenvalue weighted by molar-refractivity contribution is -0.115. The topological polar surface area (TPSA) is 46.2 Å². The molecule has 1 saturated carbocycles. The van der Waals surface area contributed by atoms with E-state index in [0.29, 0.717) is 5.56 Å². The Balaban J connectivity index is 1.80. The van der Waals surface area contributed by atoms with Crippen LogP contribution < -0.4 is 4.72 Å². The molecule has 1 amide bonds. The lowest BCUT2D eigenvalue weighted by atomic mass is 9.90. The van der Waals surface area contributed by atoms with E-state index < -0.39 is 0 Å². The summed E-state index contributed by atoms with van der Waals surface area (Å²) in [7, 11) is 0. The molecule has 1 aromatic carbocycles. The second kappa shape index (κ2) is 6.59. The smallest absolute Gasteiger partial charge is 0.261 e. The lowest BCUT2D eigenvalue weighted by Gasteiger charge is -2.19. The molecule has 0 atom stereocenters. The summed E-state index contributed by atoms with van der Waals surface area (Å²) in [5.74, 6) is -0.0791. The molecule has 1 aliphatic carbocycles. The van der Waals surface area contributed by atoms with E-state index in [1.807, 2.05) is 18.2 Å². The summed E-state index contributed by atoms with van der Waals surface area (Å²) < 4.78 is 2.62. The van der Waals surface area contributed by atoms with Crippen LogP contribution in [0.5, 0.6) is 0 Å². The molecule has 1 aliphatic rings. The van der Waals surface area contributed by atoms with Crippen molar-refractivity contribution in [3.63, 3.8) is 0 Å². The van der Waals surface area contributed by atoms with Gasteiger partial charge in [0, 0.05) is 23.4 Å². The first-order chi connectivity index (χ1) is 8.77. The number of amides is 1. The molecule has 0 bridgehead atoms. The molecule has 1 aromatic rings. The third-order valence-electron chi connectivity index (χ3n) is 3.22. The van der Waals surface area contributed by atoms with Crippen molar-refractivity contribution in [2.24, 2.45) is 5.92 Å². The fourth-order valence-corrected chi connectivity index (χ4v) is 2.88. The third-order valence-corrected chi connectivity index (χ3v) is 4.04. The molecule has 0 aromatic heterocycles. The van der Waals surface area contributed by atoms with Gasteiger partial charge in [-0.3, -0.25) is 14.3 Å². The van der Waals surface area contributed by atoms with Gasteiger partial charge in [0.25, 0.3) is 5.91 Å². The summed E-state index contributed by atoms with van der Waals surface area (Å²) in [6, 6.07) is 8.95. The normalized spacial score (nSPS) is 16.2. The molecule has 0 saturated heterocycles. The van der Waals surface area contributed by atoms with Gasteiger partial charge in [-0.2, -0.15) is 0 Å². The number of carbonyl (C=O) groups excluding carboxylic acids is 2. The van der Waals surface area contributed by atoms with E-state index >= 15 is 0 Å². The van der Waals surface area contributed by atoms with E-state index in [-0.39, 0.29) is 16.9 Å². The molecule has 1 fully saturated rings. The van der Waals surface area contributed by atoms with Gasteiger partial charge < -0.3 is 0 Å². The van der Waals surface area contributed by atoms with E-state index in [4.69, 9.17) is 0 Å². The highest BCUT2D eigenvalue weighted by Crippen LogP contribution is 2.27. The van der Waals surface area contributed by atoms with Gasteiger partial charge in [-0.25, -0.2) is 0 Å². The minimum absolute atomic E-state index is 0.0963. The van der Waals surface area contributed by atoms with Gasteiger partial charge >= 0.3 is 0 Å². The van der Waals surface area contributed by atoms with Gasteiger partial charge in [-0.1, -0.05) is 37.5 Å². The summed E-state index contributed by atoms with van der Waals surface area (Å²) in [5.41, 5.74) is 0.585. The molecular weight excluding hydrogens is 246 g/mol. The molecule has 2 rings (SSSR count). The molecule has 0 aliphatic heterocycles. The fourth-order valence-electron chi connectivity index (χ4n) is 2.17. The van der Waals surface area contributed by atoms with Crippen molar-refractivity contribution >= 4 is 23.0 Å². The van der Waals surface area contributed by atoms with E-state index in [1.54, 1.807) is 12.1 Å². The Hall–Kier alpha value is -1.29. The first-order valence-electron chi connectivity index (χ1n) is 6.33. The Bertz CT molecular complexity index is 413. The van der Waals surface area contributed by atoms with E-state index in [0.717, 1.165) is 37.6 Å². The van der Waals surface area contributed by atoms with Crippen LogP contribution in [0.1, 0.15) is 42.5 Å². The summed E-state index contributed by atoms with van der Waals surface area (Å²) in [4.78, 5) is 23.6. The average Bonchev–Trinajstić information content (AvgIpc) is 2.46. The standard InChI is InChI=1S/C14H17NO2S/c16-13(11-7-3-1-4-8-11)15-18-14(17)12-9-5-2-6-10-12/h1,3-4,7-8,12H,2,5-6,9-10H2,(H,15,16). The van der Waals surface area contributed by atoms with Crippen molar-refractivity contribution in [2.45, 2.75) is 32.1 Å². The SMILES string of the molecule is O=C(NSC(=O)C1CCCCC1)c1ccccc1. The second-order valence-corrected chi connectivity index (χ2v) is 5.36. The molecular formula is C14H17NO2S. The van der Waals surface area contributed by atoms with Crippen molar-refractivity contribution in [3.8, 4) is 0 Å². The van der Waals surface area contributed by atoms with Crippen LogP contribution in [0.2, 0.25) is 0 Å². The summed E-state index contributed by atoms with van der Waals surface area (Å²) in [6.07, 6.45) is 5.41. The van der Waals surface area contributed by atoms with Gasteiger partial charge in [0.05, 0.1) is 0 Å². The maximum absolute atomic E-state index is 11.9. The number of carbonyl (C=O) groups is 2. The summed E-state index contributed by atoms with van der Waals surface area (Å²) >= 11 is 0.947. The Kier molecular flexibility index (Phi) is 4.81. The van der Waals surface area contributed by atoms with Crippen molar-refractivity contribution in [2.75, 3.05) is 0 Å². The first-order valence-corrected chi connectivity index (χ1v) is 7.15. The quantitative estimate of drug-likeness (QED) is 0.834. The number of rotatable bonds is 2. The van der Waals surface area contributed by atoms with Crippen LogP contribution >= 0.6 is 11.9 Å². The number of hydrogen-bond acceptors (Lipinski definition) is 3. The largest absolute Gasteiger partial charge is 0.289 e. The maximum Gasteiger partial charge on any atom is 0.261 e. The Labute approximate surface area is 111 Å². The van der Waals surface area contributed by atoms with E-state index in [2.05, 4.69) is 4.72 Å². The Morgan fingerprint density at radius 2 is 1.72 bits per heavy atom. The summed E-state index contributed by atoms with van der Waals surface area (Å²) in [5, 5.41) is 0.0963. The number of hydrogen-bond donors (Lipinski definition) is 1. The third kappa shape index (κ3) is 3.60. The minimum Gasteiger partial charge on any atom is -0.289 e. The van der Waals surface area contributed by atoms with Crippen molar-refractivity contribution in [1.29, 1.82) is 0 Å². The van der Waals surface area contributed by atoms with Gasteiger partial charge in [0.2, 0.25) is 5.12 Å². The van der Waals surface area contributed by atoms with Crippen LogP contribution in [-0.4, -0.2) is 11.0 Å². The van der Waals surface area contributed by atoms with Gasteiger partial charge in [-0.15, -0.1) is 0 Å². The minimum atomic E-state index is -0.204. The van der Waals surface area contributed by atoms with Crippen molar-refractivity contribution in [1.82, 2.24) is 4.72 Å². The molecule has 0 heterocycles. The average molecular weight is 263 g/mol. The first kappa shape index (κ1) is 13.1. The van der Waals surface area contributed by atoms with Crippen LogP contribution in [0.25, 0.3) is 0 Å². The van der Waals surface area contributed by atoms with Gasteiger partial charge in [0.1, 0.15) is 0 Å². The summed E-state index contributed by atoms with van der Waals surface area (Å²) in [6.45, 7) is 0. The second-order valence-electron chi connectivity index (χ2n) is 4.55. The van der Waals surface area contributed by atoms with Gasteiger partial charge in [0.15, 0.2) is 0 Å². The van der Waals surface area contributed by atoms with E-state index in [1.165, 1.54) is 6.42 Å². The highest BCUT2D eigenvalue weighted by molar-refractivity contribution is 8.12. The molecule has 4 heteroatoms. The number of benzene rings is 1. The molecule has 0 radical (unpaired) electrons. The molecule has 96 valence electrons. The highest BCUT2D eigenvalue weighted by atomic mass is 32.2. The fraction of sp³-hybridized carbons (Fsp3) is 0.429. The van der Waals surface area contributed by atoms with Crippen molar-refractivity contribution < 1.29 is 9.59 Å². The van der Waals surface area contributed by atoms with Crippen molar-refractivity contribution in [3.05, 3.63) is 35.9 Å². The Morgan fingerprint density at radius 3 is 2.39 bits per heavy atom. The van der Waals surface area contributed by atoms with Crippen LogP contribution in [0.3, 0.4) is 0 Å². The molecule has 0 unspecified atom stereocenters. The van der Waals surface area contributed by atoms with Gasteiger partial charge in [-0.05, 0) is 25.0 Å². The molecule has 3 nitrogen and oxygen atoms in total. The molecule has 1 N–H and O–H groups in total. The van der Waals surface area contributed by atoms with Crippen LogP contribution in [-0.2, 0) is 4.79 Å². The molecule has 18 heavy (non-hydrogen) atoms. The highest BCUT2D eigenvalue weighted by Gasteiger charge is 2.22. The van der Waals surface area contributed by atoms with Crippen LogP contribution in [0.4, 0.5) is 0 Å². The Morgan fingerprint density at radius 1 is 1.06 bits per heavy atom. The zero-order valence-corrected chi connectivity index (χ0v) is 11.0. The molecule has 0 spiro atoms. The maximum atomic E-state index is 11.9. The lowest BCUT2D eigenvalue weighted by Crippen LogP contribution is -2.22. The number of nitrogens with one attached hydrogen (secondary N) is 1. The van der Waals surface area contributed by atoms with Crippen LogP contribution in [0.15, 0.2) is 30.3 Å². The zero-order valence-electron chi connectivity index (χ0n) is 10.2. The van der Waals surface area contributed by atoms with Crippen LogP contribution in [0, 0.1) is 5.92 Å². The van der Waals surface area contributed by atoms with E-state index in [9.17, 15) is 9.59 Å².